The number of anilines is 1. The van der Waals surface area contributed by atoms with Crippen LogP contribution in [0.2, 0.25) is 0 Å². The quantitative estimate of drug-likeness (QED) is 0.675. The summed E-state index contributed by atoms with van der Waals surface area (Å²) in [7, 11) is 0. The van der Waals surface area contributed by atoms with Crippen molar-refractivity contribution in [1.82, 2.24) is 0 Å². The van der Waals surface area contributed by atoms with Gasteiger partial charge in [-0.3, -0.25) is 25.7 Å². The third-order valence-electron chi connectivity index (χ3n) is 3.12. The lowest BCUT2D eigenvalue weighted by molar-refractivity contribution is -0.393. The van der Waals surface area contributed by atoms with Gasteiger partial charge in [0, 0.05) is 6.07 Å². The molecule has 1 aromatic carbocycles. The molecule has 1 unspecified atom stereocenters. The second-order valence-electron chi connectivity index (χ2n) is 4.88. The molecule has 0 bridgehead atoms. The lowest BCUT2D eigenvalue weighted by Crippen LogP contribution is -2.09. The number of rotatable bonds is 4. The molecule has 0 saturated heterocycles. The molecule has 0 fully saturated rings. The first-order valence-corrected chi connectivity index (χ1v) is 6.39. The van der Waals surface area contributed by atoms with Crippen LogP contribution < -0.4 is 5.43 Å². The summed E-state index contributed by atoms with van der Waals surface area (Å²) in [5.41, 5.74) is 2.84. The number of nitro benzene ring substituents is 2. The van der Waals surface area contributed by atoms with E-state index in [4.69, 9.17) is 0 Å². The zero-order valence-corrected chi connectivity index (χ0v) is 11.4. The number of nitrogens with zero attached hydrogens (tertiary/aromatic N) is 3. The molecule has 1 aromatic rings. The van der Waals surface area contributed by atoms with Crippen molar-refractivity contribution in [2.24, 2.45) is 11.0 Å². The predicted octanol–water partition coefficient (Wildman–Crippen LogP) is 3.26. The largest absolute Gasteiger partial charge is 0.301 e. The molecular weight excluding hydrogens is 276 g/mol. The van der Waals surface area contributed by atoms with Crippen molar-refractivity contribution in [3.63, 3.8) is 0 Å². The number of hydrazone groups is 1. The molecule has 21 heavy (non-hydrogen) atoms. The van der Waals surface area contributed by atoms with E-state index >= 15 is 0 Å². The van der Waals surface area contributed by atoms with E-state index in [1.54, 1.807) is 0 Å². The van der Waals surface area contributed by atoms with Gasteiger partial charge in [0.15, 0.2) is 0 Å². The zero-order chi connectivity index (χ0) is 15.4. The molecule has 1 N–H and O–H groups in total. The second kappa shape index (κ2) is 6.12. The molecule has 8 heteroatoms. The van der Waals surface area contributed by atoms with Crippen molar-refractivity contribution in [2.75, 3.05) is 5.43 Å². The first kappa shape index (κ1) is 14.6. The van der Waals surface area contributed by atoms with Gasteiger partial charge in [0.25, 0.3) is 5.69 Å². The van der Waals surface area contributed by atoms with Gasteiger partial charge >= 0.3 is 5.69 Å². The van der Waals surface area contributed by atoms with Gasteiger partial charge in [-0.15, -0.1) is 0 Å². The van der Waals surface area contributed by atoms with Crippen molar-refractivity contribution in [1.29, 1.82) is 0 Å². The summed E-state index contributed by atoms with van der Waals surface area (Å²) in [5.74, 6) is 0.474. The van der Waals surface area contributed by atoms with Crippen LogP contribution in [0.3, 0.4) is 0 Å². The first-order valence-electron chi connectivity index (χ1n) is 6.39. The van der Waals surface area contributed by atoms with Crippen LogP contribution in [0.4, 0.5) is 17.1 Å². The minimum Gasteiger partial charge on any atom is -0.271 e. The van der Waals surface area contributed by atoms with Crippen LogP contribution >= 0.6 is 0 Å². The fraction of sp³-hybridized carbons (Fsp3) is 0.308. The molecule has 1 atom stereocenters. The van der Waals surface area contributed by atoms with Crippen LogP contribution in [0.5, 0.6) is 0 Å². The Bertz CT molecular complexity index is 639. The summed E-state index contributed by atoms with van der Waals surface area (Å²) in [5, 5.41) is 25.8. The highest BCUT2D eigenvalue weighted by Crippen LogP contribution is 2.29. The van der Waals surface area contributed by atoms with Crippen molar-refractivity contribution >= 4 is 22.8 Å². The molecule has 0 aromatic heterocycles. The fourth-order valence-corrected chi connectivity index (χ4v) is 2.04. The highest BCUT2D eigenvalue weighted by atomic mass is 16.6. The van der Waals surface area contributed by atoms with Crippen molar-refractivity contribution in [3.8, 4) is 0 Å². The Morgan fingerprint density at radius 3 is 2.67 bits per heavy atom. The minimum atomic E-state index is -0.672. The summed E-state index contributed by atoms with van der Waals surface area (Å²) in [6.45, 7) is 2.09. The molecule has 1 aliphatic rings. The van der Waals surface area contributed by atoms with E-state index in [1.165, 1.54) is 12.1 Å². The Labute approximate surface area is 120 Å². The number of hydrogen-bond acceptors (Lipinski definition) is 6. The molecule has 0 heterocycles. The van der Waals surface area contributed by atoms with Crippen LogP contribution in [0.15, 0.2) is 35.5 Å². The second-order valence-corrected chi connectivity index (χ2v) is 4.88. The lowest BCUT2D eigenvalue weighted by atomic mass is 9.95. The minimum absolute atomic E-state index is 0.129. The maximum Gasteiger partial charge on any atom is 0.301 e. The van der Waals surface area contributed by atoms with E-state index in [0.29, 0.717) is 5.92 Å². The van der Waals surface area contributed by atoms with Gasteiger partial charge in [0.1, 0.15) is 5.69 Å². The van der Waals surface area contributed by atoms with Gasteiger partial charge in [-0.25, -0.2) is 0 Å². The van der Waals surface area contributed by atoms with Crippen molar-refractivity contribution in [2.45, 2.75) is 19.8 Å². The van der Waals surface area contributed by atoms with Gasteiger partial charge in [-0.1, -0.05) is 13.0 Å². The Hall–Kier alpha value is -2.77. The predicted molar refractivity (Wildman–Crippen MR) is 78.3 cm³/mol. The fourth-order valence-electron chi connectivity index (χ4n) is 2.04. The molecule has 0 spiro atoms. The number of benzene rings is 1. The Balaban J connectivity index is 2.25. The third kappa shape index (κ3) is 3.62. The van der Waals surface area contributed by atoms with Crippen molar-refractivity contribution in [3.05, 3.63) is 50.6 Å². The van der Waals surface area contributed by atoms with E-state index in [-0.39, 0.29) is 17.1 Å². The van der Waals surface area contributed by atoms with E-state index in [0.717, 1.165) is 24.6 Å². The summed E-state index contributed by atoms with van der Waals surface area (Å²) in [6, 6.07) is 3.41. The number of nitro groups is 2. The van der Waals surface area contributed by atoms with Gasteiger partial charge in [-0.2, -0.15) is 5.10 Å². The molecule has 1 aliphatic carbocycles. The van der Waals surface area contributed by atoms with Gasteiger partial charge < -0.3 is 0 Å². The Morgan fingerprint density at radius 2 is 2.05 bits per heavy atom. The SMILES string of the molecule is CC1CC=C/C(=N/Nc2ccc([N+](=O)[O-])cc2[N+](=O)[O-])C1. The van der Waals surface area contributed by atoms with E-state index in [2.05, 4.69) is 17.5 Å². The number of nitrogens with one attached hydrogen (secondary N) is 1. The standard InChI is InChI=1S/C13H14N4O4/c1-9-3-2-4-10(7-9)14-15-12-6-5-11(16(18)19)8-13(12)17(20)21/h2,4-6,8-9,15H,3,7H2,1H3/b14-10-. The Kier molecular flexibility index (Phi) is 4.27. The molecule has 0 aliphatic heterocycles. The first-order chi connectivity index (χ1) is 9.97. The van der Waals surface area contributed by atoms with Crippen LogP contribution in [0.25, 0.3) is 0 Å². The van der Waals surface area contributed by atoms with Crippen LogP contribution in [0.1, 0.15) is 19.8 Å². The normalized spacial score (nSPS) is 19.5. The molecule has 0 radical (unpaired) electrons. The van der Waals surface area contributed by atoms with Gasteiger partial charge in [0.2, 0.25) is 0 Å². The summed E-state index contributed by atoms with van der Waals surface area (Å²) in [6.07, 6.45) is 5.63. The zero-order valence-electron chi connectivity index (χ0n) is 11.4. The molecule has 2 rings (SSSR count). The summed E-state index contributed by atoms with van der Waals surface area (Å²) < 4.78 is 0. The monoisotopic (exact) mass is 290 g/mol. The Morgan fingerprint density at radius 1 is 1.29 bits per heavy atom. The van der Waals surface area contributed by atoms with Crippen molar-refractivity contribution < 1.29 is 9.85 Å². The van der Waals surface area contributed by atoms with Gasteiger partial charge in [0.05, 0.1) is 21.6 Å². The molecule has 8 nitrogen and oxygen atoms in total. The van der Waals surface area contributed by atoms with E-state index < -0.39 is 9.85 Å². The lowest BCUT2D eigenvalue weighted by Gasteiger charge is -2.13. The van der Waals surface area contributed by atoms with E-state index in [1.807, 2.05) is 12.2 Å². The molecule has 0 saturated carbocycles. The van der Waals surface area contributed by atoms with E-state index in [9.17, 15) is 20.2 Å². The molecule has 0 amide bonds. The average Bonchev–Trinajstić information content (AvgIpc) is 2.44. The topological polar surface area (TPSA) is 111 Å². The average molecular weight is 290 g/mol. The van der Waals surface area contributed by atoms with Crippen LogP contribution in [0, 0.1) is 26.1 Å². The summed E-state index contributed by atoms with van der Waals surface area (Å²) in [4.78, 5) is 20.3. The number of allylic oxidation sites excluding steroid dienone is 2. The molecular formula is C13H14N4O4. The number of non-ortho nitro benzene ring substituents is 1. The maximum atomic E-state index is 11.0. The molecule has 110 valence electrons. The highest BCUT2D eigenvalue weighted by Gasteiger charge is 2.19. The number of hydrogen-bond donors (Lipinski definition) is 1. The smallest absolute Gasteiger partial charge is 0.271 e. The van der Waals surface area contributed by atoms with Crippen LogP contribution in [-0.2, 0) is 0 Å². The third-order valence-corrected chi connectivity index (χ3v) is 3.12. The van der Waals surface area contributed by atoms with Gasteiger partial charge in [-0.05, 0) is 30.9 Å². The summed E-state index contributed by atoms with van der Waals surface area (Å²) >= 11 is 0. The highest BCUT2D eigenvalue weighted by molar-refractivity contribution is 5.96. The van der Waals surface area contributed by atoms with Crippen LogP contribution in [-0.4, -0.2) is 15.6 Å². The maximum absolute atomic E-state index is 11.0.